The molecule has 0 amide bonds. The van der Waals surface area contributed by atoms with E-state index < -0.39 is 0 Å². The Balaban J connectivity index is 2.46. The number of amidine groups is 1. The number of oxime groups is 1. The van der Waals surface area contributed by atoms with Crippen molar-refractivity contribution in [1.29, 1.82) is 0 Å². The Morgan fingerprint density at radius 3 is 3.16 bits per heavy atom. The van der Waals surface area contributed by atoms with Gasteiger partial charge in [0.2, 0.25) is 0 Å². The summed E-state index contributed by atoms with van der Waals surface area (Å²) in [5, 5.41) is 12.1. The zero-order valence-electron chi connectivity index (χ0n) is 11.3. The largest absolute Gasteiger partial charge is 0.409 e. The summed E-state index contributed by atoms with van der Waals surface area (Å²) in [4.78, 5) is 6.61. The molecule has 1 unspecified atom stereocenters. The van der Waals surface area contributed by atoms with Gasteiger partial charge in [-0.3, -0.25) is 0 Å². The molecule has 2 rings (SSSR count). The number of nitrogens with zero attached hydrogens (tertiary/aromatic N) is 3. The fraction of sp³-hybridized carbons (Fsp3) is 0.538. The van der Waals surface area contributed by atoms with Crippen LogP contribution in [0, 0.1) is 6.92 Å². The second kappa shape index (κ2) is 5.88. The summed E-state index contributed by atoms with van der Waals surface area (Å²) in [6.45, 7) is 6.16. The minimum atomic E-state index is 0.0990. The van der Waals surface area contributed by atoms with Crippen LogP contribution < -0.4 is 10.6 Å². The molecule has 6 nitrogen and oxygen atoms in total. The van der Waals surface area contributed by atoms with Gasteiger partial charge in [-0.1, -0.05) is 12.1 Å². The molecule has 0 aromatic carbocycles. The summed E-state index contributed by atoms with van der Waals surface area (Å²) in [6.07, 6.45) is 2.71. The fourth-order valence-electron chi connectivity index (χ4n) is 2.40. The highest BCUT2D eigenvalue weighted by atomic mass is 16.5. The summed E-state index contributed by atoms with van der Waals surface area (Å²) in [7, 11) is 0. The van der Waals surface area contributed by atoms with Crippen LogP contribution >= 0.6 is 0 Å². The summed E-state index contributed by atoms with van der Waals surface area (Å²) < 4.78 is 5.50. The number of hydrogen-bond acceptors (Lipinski definition) is 5. The molecule has 19 heavy (non-hydrogen) atoms. The Hall–Kier alpha value is -1.82. The second-order valence-corrected chi connectivity index (χ2v) is 4.64. The molecule has 2 heterocycles. The van der Waals surface area contributed by atoms with Crippen LogP contribution in [-0.2, 0) is 4.74 Å². The van der Waals surface area contributed by atoms with Gasteiger partial charge in [0, 0.05) is 12.7 Å². The molecule has 3 N–H and O–H groups in total. The molecule has 1 aromatic heterocycles. The molecule has 0 aliphatic carbocycles. The summed E-state index contributed by atoms with van der Waals surface area (Å²) >= 11 is 0. The third-order valence-corrected chi connectivity index (χ3v) is 3.47. The zero-order chi connectivity index (χ0) is 13.8. The van der Waals surface area contributed by atoms with E-state index in [9.17, 15) is 0 Å². The van der Waals surface area contributed by atoms with Crippen LogP contribution in [0.3, 0.4) is 0 Å². The second-order valence-electron chi connectivity index (χ2n) is 4.64. The number of nitrogens with two attached hydrogens (primary N) is 1. The van der Waals surface area contributed by atoms with Crippen molar-refractivity contribution in [2.75, 3.05) is 24.7 Å². The lowest BCUT2D eigenvalue weighted by molar-refractivity contribution is 0.0925. The monoisotopic (exact) mass is 264 g/mol. The van der Waals surface area contributed by atoms with Crippen molar-refractivity contribution in [3.8, 4) is 0 Å². The van der Waals surface area contributed by atoms with Gasteiger partial charge >= 0.3 is 0 Å². The Labute approximate surface area is 112 Å². The summed E-state index contributed by atoms with van der Waals surface area (Å²) in [6, 6.07) is 2.13. The van der Waals surface area contributed by atoms with Gasteiger partial charge in [0.25, 0.3) is 0 Å². The van der Waals surface area contributed by atoms with Crippen molar-refractivity contribution in [3.05, 3.63) is 23.4 Å². The highest BCUT2D eigenvalue weighted by molar-refractivity contribution is 6.02. The van der Waals surface area contributed by atoms with Crippen LogP contribution in [0.4, 0.5) is 5.82 Å². The van der Waals surface area contributed by atoms with Crippen molar-refractivity contribution >= 4 is 11.7 Å². The number of aromatic nitrogens is 1. The van der Waals surface area contributed by atoms with Crippen molar-refractivity contribution < 1.29 is 9.94 Å². The van der Waals surface area contributed by atoms with Gasteiger partial charge in [-0.25, -0.2) is 4.98 Å². The highest BCUT2D eigenvalue weighted by Gasteiger charge is 2.26. The molecule has 1 aliphatic heterocycles. The molecule has 1 fully saturated rings. The quantitative estimate of drug-likeness (QED) is 0.369. The minimum absolute atomic E-state index is 0.0990. The van der Waals surface area contributed by atoms with Crippen LogP contribution in [0.15, 0.2) is 17.4 Å². The molecular weight excluding hydrogens is 244 g/mol. The lowest BCUT2D eigenvalue weighted by Gasteiger charge is -2.37. The average Bonchev–Trinajstić information content (AvgIpc) is 2.46. The molecule has 104 valence electrons. The van der Waals surface area contributed by atoms with E-state index in [-0.39, 0.29) is 11.9 Å². The molecule has 0 spiro atoms. The van der Waals surface area contributed by atoms with Gasteiger partial charge in [-0.15, -0.1) is 0 Å². The minimum Gasteiger partial charge on any atom is -0.409 e. The molecule has 1 aliphatic rings. The van der Waals surface area contributed by atoms with Gasteiger partial charge in [-0.05, 0) is 25.0 Å². The standard InChI is InChI=1S/C13H20N4O2/c1-3-10-8-19-7-6-17(10)13-11(12(14)16-18)9(2)4-5-15-13/h4-5,10,18H,3,6-8H2,1-2H3,(H2,14,16). The van der Waals surface area contributed by atoms with Gasteiger partial charge < -0.3 is 20.6 Å². The smallest absolute Gasteiger partial charge is 0.174 e. The van der Waals surface area contributed by atoms with Gasteiger partial charge in [0.15, 0.2) is 5.84 Å². The molecule has 0 radical (unpaired) electrons. The molecule has 0 bridgehead atoms. The number of anilines is 1. The van der Waals surface area contributed by atoms with Crippen molar-refractivity contribution in [3.63, 3.8) is 0 Å². The van der Waals surface area contributed by atoms with Crippen LogP contribution in [0.25, 0.3) is 0 Å². The van der Waals surface area contributed by atoms with Crippen molar-refractivity contribution in [2.24, 2.45) is 10.9 Å². The molecule has 6 heteroatoms. The van der Waals surface area contributed by atoms with E-state index in [1.54, 1.807) is 6.20 Å². The Morgan fingerprint density at radius 1 is 1.68 bits per heavy atom. The van der Waals surface area contributed by atoms with Gasteiger partial charge in [0.05, 0.1) is 24.8 Å². The van der Waals surface area contributed by atoms with Gasteiger partial charge in [-0.2, -0.15) is 0 Å². The van der Waals surface area contributed by atoms with E-state index in [1.165, 1.54) is 0 Å². The van der Waals surface area contributed by atoms with Crippen LogP contribution in [0.1, 0.15) is 24.5 Å². The van der Waals surface area contributed by atoms with Crippen molar-refractivity contribution in [2.45, 2.75) is 26.3 Å². The van der Waals surface area contributed by atoms with Crippen LogP contribution in [0.2, 0.25) is 0 Å². The predicted molar refractivity (Wildman–Crippen MR) is 73.7 cm³/mol. The predicted octanol–water partition coefficient (Wildman–Crippen LogP) is 1.10. The van der Waals surface area contributed by atoms with E-state index in [0.29, 0.717) is 18.8 Å². The van der Waals surface area contributed by atoms with E-state index in [4.69, 9.17) is 15.7 Å². The fourth-order valence-corrected chi connectivity index (χ4v) is 2.40. The first-order valence-corrected chi connectivity index (χ1v) is 6.47. The number of aryl methyl sites for hydroxylation is 1. The van der Waals surface area contributed by atoms with E-state index in [0.717, 1.165) is 24.3 Å². The Morgan fingerprint density at radius 2 is 2.47 bits per heavy atom. The lowest BCUT2D eigenvalue weighted by Crippen LogP contribution is -2.46. The van der Waals surface area contributed by atoms with Crippen LogP contribution in [-0.4, -0.2) is 41.8 Å². The third kappa shape index (κ3) is 2.63. The third-order valence-electron chi connectivity index (χ3n) is 3.47. The highest BCUT2D eigenvalue weighted by Crippen LogP contribution is 2.25. The first-order chi connectivity index (χ1) is 9.19. The number of pyridine rings is 1. The maximum absolute atomic E-state index is 8.95. The summed E-state index contributed by atoms with van der Waals surface area (Å²) in [5.41, 5.74) is 7.44. The lowest BCUT2D eigenvalue weighted by atomic mass is 10.1. The topological polar surface area (TPSA) is 84.0 Å². The van der Waals surface area contributed by atoms with E-state index >= 15 is 0 Å². The summed E-state index contributed by atoms with van der Waals surface area (Å²) in [5.74, 6) is 0.868. The molecule has 1 saturated heterocycles. The Bertz CT molecular complexity index is 476. The number of rotatable bonds is 3. The maximum atomic E-state index is 8.95. The number of hydrogen-bond donors (Lipinski definition) is 2. The molecule has 1 atom stereocenters. The Kier molecular flexibility index (Phi) is 4.21. The van der Waals surface area contributed by atoms with Crippen molar-refractivity contribution in [1.82, 2.24) is 4.98 Å². The normalized spacial score (nSPS) is 20.6. The SMILES string of the molecule is CCC1COCCN1c1nccc(C)c1/C(N)=N/O. The number of ether oxygens (including phenoxy) is 1. The zero-order valence-corrected chi connectivity index (χ0v) is 11.3. The average molecular weight is 264 g/mol. The molecule has 0 saturated carbocycles. The maximum Gasteiger partial charge on any atom is 0.174 e. The van der Waals surface area contributed by atoms with Crippen LogP contribution in [0.5, 0.6) is 0 Å². The van der Waals surface area contributed by atoms with Gasteiger partial charge in [0.1, 0.15) is 5.82 Å². The first-order valence-electron chi connectivity index (χ1n) is 6.47. The first kappa shape index (κ1) is 13.6. The molecular formula is C13H20N4O2. The van der Waals surface area contributed by atoms with E-state index in [2.05, 4.69) is 22.0 Å². The van der Waals surface area contributed by atoms with E-state index in [1.807, 2.05) is 13.0 Å². The molecule has 1 aromatic rings. The number of morpholine rings is 1.